The SMILES string of the molecule is Cc1ccc2c(c1C)OCC2NC(=O)c1ccc(C(=O)O)o1. The molecule has 3 rings (SSSR count). The Morgan fingerprint density at radius 1 is 1.18 bits per heavy atom. The summed E-state index contributed by atoms with van der Waals surface area (Å²) in [5, 5.41) is 11.6. The lowest BCUT2D eigenvalue weighted by Crippen LogP contribution is -2.29. The number of carbonyl (C=O) groups is 2. The average Bonchev–Trinajstić information content (AvgIpc) is 3.10. The Balaban J connectivity index is 1.79. The van der Waals surface area contributed by atoms with Crippen molar-refractivity contribution in [3.05, 3.63) is 52.5 Å². The van der Waals surface area contributed by atoms with Crippen molar-refractivity contribution in [3.63, 3.8) is 0 Å². The van der Waals surface area contributed by atoms with Crippen LogP contribution in [0.4, 0.5) is 0 Å². The van der Waals surface area contributed by atoms with Crippen molar-refractivity contribution in [2.24, 2.45) is 0 Å². The fourth-order valence-electron chi connectivity index (χ4n) is 2.46. The van der Waals surface area contributed by atoms with E-state index in [9.17, 15) is 9.59 Å². The van der Waals surface area contributed by atoms with E-state index in [1.165, 1.54) is 12.1 Å². The maximum absolute atomic E-state index is 12.1. The molecule has 0 aliphatic carbocycles. The Hall–Kier alpha value is -2.76. The minimum atomic E-state index is -1.21. The quantitative estimate of drug-likeness (QED) is 0.909. The number of hydrogen-bond acceptors (Lipinski definition) is 4. The lowest BCUT2D eigenvalue weighted by Gasteiger charge is -2.11. The van der Waals surface area contributed by atoms with Gasteiger partial charge in [0.2, 0.25) is 5.76 Å². The van der Waals surface area contributed by atoms with E-state index in [2.05, 4.69) is 5.32 Å². The number of hydrogen-bond donors (Lipinski definition) is 2. The summed E-state index contributed by atoms with van der Waals surface area (Å²) in [7, 11) is 0. The Kier molecular flexibility index (Phi) is 3.36. The van der Waals surface area contributed by atoms with Gasteiger partial charge >= 0.3 is 5.97 Å². The van der Waals surface area contributed by atoms with Gasteiger partial charge < -0.3 is 19.6 Å². The summed E-state index contributed by atoms with van der Waals surface area (Å²) in [5.41, 5.74) is 3.10. The Morgan fingerprint density at radius 3 is 2.59 bits per heavy atom. The van der Waals surface area contributed by atoms with Crippen molar-refractivity contribution < 1.29 is 23.8 Å². The van der Waals surface area contributed by atoms with Crippen LogP contribution in [0.2, 0.25) is 0 Å². The lowest BCUT2D eigenvalue weighted by atomic mass is 10.0. The summed E-state index contributed by atoms with van der Waals surface area (Å²) in [5.74, 6) is -1.17. The van der Waals surface area contributed by atoms with Crippen LogP contribution in [0.1, 0.15) is 43.8 Å². The van der Waals surface area contributed by atoms with Gasteiger partial charge in [0.15, 0.2) is 5.76 Å². The van der Waals surface area contributed by atoms with Crippen molar-refractivity contribution >= 4 is 11.9 Å². The molecule has 0 fully saturated rings. The third-order valence-electron chi connectivity index (χ3n) is 3.82. The maximum Gasteiger partial charge on any atom is 0.371 e. The zero-order valence-electron chi connectivity index (χ0n) is 12.2. The van der Waals surface area contributed by atoms with Gasteiger partial charge in [0.1, 0.15) is 12.4 Å². The number of ether oxygens (including phenoxy) is 1. The Bertz CT molecular complexity index is 762. The van der Waals surface area contributed by atoms with E-state index < -0.39 is 11.9 Å². The molecule has 1 aromatic heterocycles. The molecule has 1 aromatic carbocycles. The first-order chi connectivity index (χ1) is 10.5. The largest absolute Gasteiger partial charge is 0.490 e. The molecule has 1 unspecified atom stereocenters. The molecular formula is C16H15NO5. The zero-order chi connectivity index (χ0) is 15.9. The molecule has 6 nitrogen and oxygen atoms in total. The summed E-state index contributed by atoms with van der Waals surface area (Å²) >= 11 is 0. The molecule has 0 radical (unpaired) electrons. The molecule has 114 valence electrons. The summed E-state index contributed by atoms with van der Waals surface area (Å²) in [6.45, 7) is 4.32. The van der Waals surface area contributed by atoms with E-state index in [0.717, 1.165) is 22.4 Å². The zero-order valence-corrected chi connectivity index (χ0v) is 12.2. The number of aromatic carboxylic acids is 1. The summed E-state index contributed by atoms with van der Waals surface area (Å²) < 4.78 is 10.7. The highest BCUT2D eigenvalue weighted by Crippen LogP contribution is 2.36. The van der Waals surface area contributed by atoms with Crippen LogP contribution in [0, 0.1) is 13.8 Å². The van der Waals surface area contributed by atoms with E-state index >= 15 is 0 Å². The van der Waals surface area contributed by atoms with Crippen molar-refractivity contribution in [3.8, 4) is 5.75 Å². The first-order valence-corrected chi connectivity index (χ1v) is 6.84. The van der Waals surface area contributed by atoms with E-state index in [-0.39, 0.29) is 17.6 Å². The highest BCUT2D eigenvalue weighted by Gasteiger charge is 2.28. The molecule has 6 heteroatoms. The monoisotopic (exact) mass is 301 g/mol. The second-order valence-corrected chi connectivity index (χ2v) is 5.23. The third kappa shape index (κ3) is 2.32. The molecule has 2 N–H and O–H groups in total. The number of fused-ring (bicyclic) bond motifs is 1. The van der Waals surface area contributed by atoms with Gasteiger partial charge in [-0.3, -0.25) is 4.79 Å². The number of carboxylic acids is 1. The lowest BCUT2D eigenvalue weighted by molar-refractivity contribution is 0.0659. The molecule has 2 aromatic rings. The second kappa shape index (κ2) is 5.22. The molecule has 1 amide bonds. The molecule has 0 saturated carbocycles. The minimum Gasteiger partial charge on any atom is -0.490 e. The third-order valence-corrected chi connectivity index (χ3v) is 3.82. The van der Waals surface area contributed by atoms with Gasteiger partial charge in [-0.1, -0.05) is 12.1 Å². The molecule has 0 saturated heterocycles. The summed E-state index contributed by atoms with van der Waals surface area (Å²) in [6.07, 6.45) is 0. The topological polar surface area (TPSA) is 88.8 Å². The van der Waals surface area contributed by atoms with Gasteiger partial charge in [-0.2, -0.15) is 0 Å². The Labute approximate surface area is 126 Å². The second-order valence-electron chi connectivity index (χ2n) is 5.23. The molecule has 2 heterocycles. The number of benzene rings is 1. The van der Waals surface area contributed by atoms with Crippen LogP contribution >= 0.6 is 0 Å². The van der Waals surface area contributed by atoms with Crippen molar-refractivity contribution in [2.75, 3.05) is 6.61 Å². The predicted octanol–water partition coefficient (Wildman–Crippen LogP) is 2.46. The van der Waals surface area contributed by atoms with Crippen LogP contribution in [0.15, 0.2) is 28.7 Å². The summed E-state index contributed by atoms with van der Waals surface area (Å²) in [4.78, 5) is 22.9. The number of carboxylic acid groups (broad SMARTS) is 1. The first kappa shape index (κ1) is 14.2. The molecule has 0 spiro atoms. The minimum absolute atomic E-state index is 0.0327. The number of rotatable bonds is 3. The Morgan fingerprint density at radius 2 is 1.91 bits per heavy atom. The molecular weight excluding hydrogens is 286 g/mol. The number of furan rings is 1. The van der Waals surface area contributed by atoms with Crippen LogP contribution in [0.5, 0.6) is 5.75 Å². The smallest absolute Gasteiger partial charge is 0.371 e. The fraction of sp³-hybridized carbons (Fsp3) is 0.250. The number of carbonyl (C=O) groups excluding carboxylic acids is 1. The standard InChI is InChI=1S/C16H15NO5/c1-8-3-4-10-11(7-21-14(10)9(8)2)17-15(18)12-5-6-13(22-12)16(19)20/h3-6,11H,7H2,1-2H3,(H,17,18)(H,19,20). The van der Waals surface area contributed by atoms with E-state index in [0.29, 0.717) is 6.61 Å². The van der Waals surface area contributed by atoms with Crippen molar-refractivity contribution in [1.29, 1.82) is 0 Å². The maximum atomic E-state index is 12.1. The van der Waals surface area contributed by atoms with E-state index in [1.54, 1.807) is 0 Å². The molecule has 1 atom stereocenters. The predicted molar refractivity (Wildman–Crippen MR) is 77.3 cm³/mol. The van der Waals surface area contributed by atoms with Gasteiger partial charge in [0.05, 0.1) is 6.04 Å². The van der Waals surface area contributed by atoms with Crippen molar-refractivity contribution in [1.82, 2.24) is 5.32 Å². The first-order valence-electron chi connectivity index (χ1n) is 6.84. The van der Waals surface area contributed by atoms with Gasteiger partial charge in [-0.25, -0.2) is 4.79 Å². The summed E-state index contributed by atoms with van der Waals surface area (Å²) in [6, 6.07) is 6.23. The van der Waals surface area contributed by atoms with Gasteiger partial charge in [-0.05, 0) is 37.1 Å². The van der Waals surface area contributed by atoms with Crippen molar-refractivity contribution in [2.45, 2.75) is 19.9 Å². The van der Waals surface area contributed by atoms with Crippen LogP contribution < -0.4 is 10.1 Å². The van der Waals surface area contributed by atoms with Crippen LogP contribution in [0.25, 0.3) is 0 Å². The van der Waals surface area contributed by atoms with E-state index in [1.807, 2.05) is 26.0 Å². The number of nitrogens with one attached hydrogen (secondary N) is 1. The highest BCUT2D eigenvalue weighted by atomic mass is 16.5. The normalized spacial score (nSPS) is 16.0. The van der Waals surface area contributed by atoms with Gasteiger partial charge in [-0.15, -0.1) is 0 Å². The van der Waals surface area contributed by atoms with Crippen LogP contribution in [-0.4, -0.2) is 23.6 Å². The number of aryl methyl sites for hydroxylation is 1. The molecule has 1 aliphatic heterocycles. The van der Waals surface area contributed by atoms with E-state index in [4.69, 9.17) is 14.3 Å². The van der Waals surface area contributed by atoms with Crippen LogP contribution in [-0.2, 0) is 0 Å². The van der Waals surface area contributed by atoms with Crippen LogP contribution in [0.3, 0.4) is 0 Å². The number of amides is 1. The molecule has 22 heavy (non-hydrogen) atoms. The average molecular weight is 301 g/mol. The molecule has 0 bridgehead atoms. The van der Waals surface area contributed by atoms with Gasteiger partial charge in [0, 0.05) is 5.56 Å². The fourth-order valence-corrected chi connectivity index (χ4v) is 2.46. The highest BCUT2D eigenvalue weighted by molar-refractivity contribution is 5.93. The van der Waals surface area contributed by atoms with Gasteiger partial charge in [0.25, 0.3) is 5.91 Å². The molecule has 1 aliphatic rings.